The number of nitrogens with one attached hydrogen (secondary N) is 2. The first-order valence-corrected chi connectivity index (χ1v) is 7.54. The molecule has 122 valence electrons. The highest BCUT2D eigenvalue weighted by molar-refractivity contribution is 6.41. The Balaban J connectivity index is 1.81. The molecule has 1 amide bonds. The Morgan fingerprint density at radius 1 is 1.21 bits per heavy atom. The largest absolute Gasteiger partial charge is 0.324 e. The van der Waals surface area contributed by atoms with Gasteiger partial charge in [-0.3, -0.25) is 14.4 Å². The first kappa shape index (κ1) is 16.2. The van der Waals surface area contributed by atoms with Crippen LogP contribution in [0.2, 0.25) is 10.0 Å². The van der Waals surface area contributed by atoms with Gasteiger partial charge in [0, 0.05) is 11.8 Å². The van der Waals surface area contributed by atoms with Gasteiger partial charge >= 0.3 is 0 Å². The SMILES string of the molecule is O=C(Cn1ncc(Cl)c(Cl)c1=O)Nc1ccc2ccc(=O)[nH]c2c1. The minimum absolute atomic E-state index is 0.0248. The van der Waals surface area contributed by atoms with Gasteiger partial charge in [-0.25, -0.2) is 4.68 Å². The smallest absolute Gasteiger partial charge is 0.287 e. The Hall–Kier alpha value is -2.64. The number of aromatic nitrogens is 3. The molecule has 0 radical (unpaired) electrons. The second-order valence-corrected chi connectivity index (χ2v) is 5.73. The molecular formula is C15H10Cl2N4O3. The predicted molar refractivity (Wildman–Crippen MR) is 91.7 cm³/mol. The van der Waals surface area contributed by atoms with Crippen LogP contribution in [0.15, 0.2) is 46.1 Å². The number of carbonyl (C=O) groups excluding carboxylic acids is 1. The maximum Gasteiger partial charge on any atom is 0.287 e. The van der Waals surface area contributed by atoms with Crippen molar-refractivity contribution in [1.29, 1.82) is 0 Å². The van der Waals surface area contributed by atoms with Gasteiger partial charge in [-0.1, -0.05) is 29.3 Å². The molecule has 0 aliphatic heterocycles. The molecule has 3 aromatic rings. The average Bonchev–Trinajstić information content (AvgIpc) is 2.55. The van der Waals surface area contributed by atoms with Crippen LogP contribution in [-0.2, 0) is 11.3 Å². The Morgan fingerprint density at radius 2 is 1.96 bits per heavy atom. The molecule has 0 fully saturated rings. The van der Waals surface area contributed by atoms with E-state index in [9.17, 15) is 14.4 Å². The number of aromatic amines is 1. The normalized spacial score (nSPS) is 10.8. The lowest BCUT2D eigenvalue weighted by Gasteiger charge is -2.08. The van der Waals surface area contributed by atoms with Crippen molar-refractivity contribution < 1.29 is 4.79 Å². The molecule has 7 nitrogen and oxygen atoms in total. The van der Waals surface area contributed by atoms with Crippen LogP contribution >= 0.6 is 23.2 Å². The highest BCUT2D eigenvalue weighted by Crippen LogP contribution is 2.16. The zero-order chi connectivity index (χ0) is 17.3. The molecule has 0 bridgehead atoms. The van der Waals surface area contributed by atoms with Crippen molar-refractivity contribution in [2.24, 2.45) is 0 Å². The number of halogens is 2. The minimum Gasteiger partial charge on any atom is -0.324 e. The highest BCUT2D eigenvalue weighted by Gasteiger charge is 2.11. The van der Waals surface area contributed by atoms with Gasteiger partial charge in [0.25, 0.3) is 5.56 Å². The molecule has 0 atom stereocenters. The summed E-state index contributed by atoms with van der Waals surface area (Å²) in [7, 11) is 0. The van der Waals surface area contributed by atoms with Gasteiger partial charge in [0.1, 0.15) is 11.6 Å². The van der Waals surface area contributed by atoms with Crippen molar-refractivity contribution >= 4 is 45.7 Å². The van der Waals surface area contributed by atoms with Crippen molar-refractivity contribution in [3.8, 4) is 0 Å². The Kier molecular flexibility index (Phi) is 4.37. The molecule has 0 unspecified atom stereocenters. The van der Waals surface area contributed by atoms with Crippen LogP contribution in [0.4, 0.5) is 5.69 Å². The van der Waals surface area contributed by atoms with Gasteiger partial charge < -0.3 is 10.3 Å². The molecule has 0 aliphatic rings. The molecule has 2 heterocycles. The molecule has 0 spiro atoms. The number of hydrogen-bond donors (Lipinski definition) is 2. The van der Waals surface area contributed by atoms with E-state index >= 15 is 0 Å². The van der Waals surface area contributed by atoms with Crippen LogP contribution < -0.4 is 16.4 Å². The fourth-order valence-corrected chi connectivity index (χ4v) is 2.39. The van der Waals surface area contributed by atoms with Crippen LogP contribution in [0.25, 0.3) is 10.9 Å². The highest BCUT2D eigenvalue weighted by atomic mass is 35.5. The summed E-state index contributed by atoms with van der Waals surface area (Å²) in [4.78, 5) is 37.9. The standard InChI is InChI=1S/C15H10Cl2N4O3/c16-10-6-18-21(15(24)14(10)17)7-13(23)19-9-3-1-8-2-4-12(22)20-11(8)5-9/h1-6H,7H2,(H,19,23)(H,20,22). The Morgan fingerprint density at radius 3 is 2.75 bits per heavy atom. The molecular weight excluding hydrogens is 355 g/mol. The van der Waals surface area contributed by atoms with E-state index < -0.39 is 11.5 Å². The minimum atomic E-state index is -0.651. The van der Waals surface area contributed by atoms with Crippen LogP contribution in [0.5, 0.6) is 0 Å². The molecule has 0 saturated carbocycles. The van der Waals surface area contributed by atoms with Gasteiger partial charge in [-0.15, -0.1) is 0 Å². The van der Waals surface area contributed by atoms with E-state index in [0.717, 1.165) is 10.1 Å². The molecule has 2 N–H and O–H groups in total. The number of pyridine rings is 1. The number of hydrogen-bond acceptors (Lipinski definition) is 4. The van der Waals surface area contributed by atoms with Crippen LogP contribution in [0.1, 0.15) is 0 Å². The van der Waals surface area contributed by atoms with Crippen molar-refractivity contribution in [3.05, 3.63) is 67.3 Å². The van der Waals surface area contributed by atoms with Crippen molar-refractivity contribution in [2.75, 3.05) is 5.32 Å². The summed E-state index contributed by atoms with van der Waals surface area (Å²) in [5.74, 6) is -0.472. The summed E-state index contributed by atoms with van der Waals surface area (Å²) in [6.45, 7) is -0.320. The topological polar surface area (TPSA) is 96.8 Å². The maximum atomic E-state index is 12.1. The molecule has 1 aromatic carbocycles. The molecule has 3 rings (SSSR count). The van der Waals surface area contributed by atoms with E-state index in [1.165, 1.54) is 12.3 Å². The lowest BCUT2D eigenvalue weighted by molar-refractivity contribution is -0.117. The Labute approximate surface area is 144 Å². The molecule has 9 heteroatoms. The summed E-state index contributed by atoms with van der Waals surface area (Å²) in [5, 5.41) is 7.05. The summed E-state index contributed by atoms with van der Waals surface area (Å²) in [5.41, 5.74) is 0.173. The van der Waals surface area contributed by atoms with Crippen molar-refractivity contribution in [1.82, 2.24) is 14.8 Å². The number of fused-ring (bicyclic) bond motifs is 1. The van der Waals surface area contributed by atoms with Crippen LogP contribution in [0.3, 0.4) is 0 Å². The number of H-pyrrole nitrogens is 1. The lowest BCUT2D eigenvalue weighted by atomic mass is 10.2. The van der Waals surface area contributed by atoms with Crippen LogP contribution in [-0.4, -0.2) is 20.7 Å². The molecule has 24 heavy (non-hydrogen) atoms. The lowest BCUT2D eigenvalue weighted by Crippen LogP contribution is -2.29. The number of rotatable bonds is 3. The quantitative estimate of drug-likeness (QED) is 0.742. The van der Waals surface area contributed by atoms with E-state index in [1.54, 1.807) is 24.3 Å². The van der Waals surface area contributed by atoms with Gasteiger partial charge in [-0.2, -0.15) is 5.10 Å². The monoisotopic (exact) mass is 364 g/mol. The van der Waals surface area contributed by atoms with Gasteiger partial charge in [0.2, 0.25) is 11.5 Å². The third-order valence-electron chi connectivity index (χ3n) is 3.24. The zero-order valence-corrected chi connectivity index (χ0v) is 13.6. The number of nitrogens with zero attached hydrogens (tertiary/aromatic N) is 2. The summed E-state index contributed by atoms with van der Waals surface area (Å²) < 4.78 is 0.909. The fraction of sp³-hybridized carbons (Fsp3) is 0.0667. The fourth-order valence-electron chi connectivity index (χ4n) is 2.12. The van der Waals surface area contributed by atoms with Crippen molar-refractivity contribution in [3.63, 3.8) is 0 Å². The maximum absolute atomic E-state index is 12.1. The van der Waals surface area contributed by atoms with Gasteiger partial charge in [0.05, 0.1) is 16.7 Å². The van der Waals surface area contributed by atoms with E-state index in [1.807, 2.05) is 0 Å². The van der Waals surface area contributed by atoms with E-state index in [0.29, 0.717) is 11.2 Å². The summed E-state index contributed by atoms with van der Waals surface area (Å²) in [6, 6.07) is 8.16. The summed E-state index contributed by atoms with van der Waals surface area (Å²) >= 11 is 11.4. The predicted octanol–water partition coefficient (Wildman–Crippen LogP) is 2.03. The molecule has 2 aromatic heterocycles. The van der Waals surface area contributed by atoms with Gasteiger partial charge in [0.15, 0.2) is 0 Å². The van der Waals surface area contributed by atoms with E-state index in [4.69, 9.17) is 23.2 Å². The first-order chi connectivity index (χ1) is 11.4. The molecule has 0 aliphatic carbocycles. The third kappa shape index (κ3) is 3.32. The second-order valence-electron chi connectivity index (χ2n) is 4.94. The third-order valence-corrected chi connectivity index (χ3v) is 3.99. The molecule has 0 saturated heterocycles. The number of benzene rings is 1. The zero-order valence-electron chi connectivity index (χ0n) is 12.0. The Bertz CT molecular complexity index is 1060. The van der Waals surface area contributed by atoms with E-state index in [2.05, 4.69) is 15.4 Å². The van der Waals surface area contributed by atoms with E-state index in [-0.39, 0.29) is 22.1 Å². The van der Waals surface area contributed by atoms with Crippen LogP contribution in [0, 0.1) is 0 Å². The number of anilines is 1. The van der Waals surface area contributed by atoms with Gasteiger partial charge in [-0.05, 0) is 23.6 Å². The number of amides is 1. The average molecular weight is 365 g/mol. The summed E-state index contributed by atoms with van der Waals surface area (Å²) in [6.07, 6.45) is 1.19. The van der Waals surface area contributed by atoms with Crippen molar-refractivity contribution in [2.45, 2.75) is 6.54 Å². The second kappa shape index (κ2) is 6.46. The number of carbonyl (C=O) groups is 1. The first-order valence-electron chi connectivity index (χ1n) is 6.78.